The van der Waals surface area contributed by atoms with E-state index in [-0.39, 0.29) is 24.7 Å². The predicted molar refractivity (Wildman–Crippen MR) is 75.8 cm³/mol. The van der Waals surface area contributed by atoms with E-state index in [0.717, 1.165) is 11.3 Å². The van der Waals surface area contributed by atoms with Crippen molar-refractivity contribution in [3.05, 3.63) is 33.9 Å². The Kier molecular flexibility index (Phi) is 4.36. The van der Waals surface area contributed by atoms with Crippen LogP contribution in [0.4, 0.5) is 16.2 Å². The number of rotatable bonds is 6. The van der Waals surface area contributed by atoms with Gasteiger partial charge in [-0.05, 0) is 18.1 Å². The van der Waals surface area contributed by atoms with Gasteiger partial charge in [0.25, 0.3) is 5.69 Å². The van der Waals surface area contributed by atoms with Gasteiger partial charge in [-0.1, -0.05) is 13.0 Å². The van der Waals surface area contributed by atoms with Gasteiger partial charge in [0.05, 0.1) is 18.0 Å². The zero-order valence-electron chi connectivity index (χ0n) is 11.6. The molecule has 1 aromatic rings. The number of anilines is 1. The van der Waals surface area contributed by atoms with Crippen molar-refractivity contribution in [3.63, 3.8) is 0 Å². The van der Waals surface area contributed by atoms with E-state index in [2.05, 4.69) is 10.6 Å². The monoisotopic (exact) mass is 292 g/mol. The second-order valence-corrected chi connectivity index (χ2v) is 4.67. The van der Waals surface area contributed by atoms with Gasteiger partial charge in [-0.25, -0.2) is 4.79 Å². The molecule has 0 unspecified atom stereocenters. The fourth-order valence-corrected chi connectivity index (χ4v) is 2.03. The molecule has 0 bridgehead atoms. The normalized spacial score (nSPS) is 14.2. The Labute approximate surface area is 121 Å². The first-order valence-electron chi connectivity index (χ1n) is 6.62. The molecule has 1 aliphatic heterocycles. The van der Waals surface area contributed by atoms with Crippen molar-refractivity contribution < 1.29 is 14.5 Å². The summed E-state index contributed by atoms with van der Waals surface area (Å²) in [6.45, 7) is 2.59. The van der Waals surface area contributed by atoms with Crippen LogP contribution in [0.2, 0.25) is 0 Å². The number of hydrogen-bond acceptors (Lipinski definition) is 5. The predicted octanol–water partition coefficient (Wildman–Crippen LogP) is 1.47. The molecule has 0 aromatic heterocycles. The molecule has 0 saturated carbocycles. The number of nitro groups is 1. The van der Waals surface area contributed by atoms with Crippen LogP contribution in [0, 0.1) is 10.1 Å². The van der Waals surface area contributed by atoms with E-state index < -0.39 is 11.0 Å². The summed E-state index contributed by atoms with van der Waals surface area (Å²) in [6, 6.07) is 4.18. The average molecular weight is 292 g/mol. The molecule has 1 aromatic carbocycles. The average Bonchev–Trinajstić information content (AvgIpc) is 2.77. The van der Waals surface area contributed by atoms with Gasteiger partial charge in [-0.3, -0.25) is 19.8 Å². The van der Waals surface area contributed by atoms with E-state index in [9.17, 15) is 19.7 Å². The van der Waals surface area contributed by atoms with Crippen molar-refractivity contribution in [2.45, 2.75) is 19.9 Å². The number of nitrogens with zero attached hydrogens (tertiary/aromatic N) is 2. The molecular weight excluding hydrogens is 276 g/mol. The molecule has 1 saturated heterocycles. The largest absolute Gasteiger partial charge is 0.380 e. The Bertz CT molecular complexity index is 572. The minimum absolute atomic E-state index is 0.0273. The van der Waals surface area contributed by atoms with Crippen LogP contribution in [0.25, 0.3) is 0 Å². The molecule has 8 heteroatoms. The first-order chi connectivity index (χ1) is 10.0. The summed E-state index contributed by atoms with van der Waals surface area (Å²) in [6.07, 6.45) is 0.849. The van der Waals surface area contributed by atoms with E-state index >= 15 is 0 Å². The van der Waals surface area contributed by atoms with E-state index in [1.54, 1.807) is 12.1 Å². The minimum Gasteiger partial charge on any atom is -0.380 e. The van der Waals surface area contributed by atoms with Crippen LogP contribution in [-0.4, -0.2) is 34.9 Å². The Morgan fingerprint density at radius 1 is 1.43 bits per heavy atom. The summed E-state index contributed by atoms with van der Waals surface area (Å²) in [5.74, 6) is -0.337. The molecule has 8 nitrogen and oxygen atoms in total. The molecule has 0 aliphatic carbocycles. The fraction of sp³-hybridized carbons (Fsp3) is 0.385. The first kappa shape index (κ1) is 14.8. The molecule has 0 spiro atoms. The first-order valence-corrected chi connectivity index (χ1v) is 6.62. The number of imide groups is 1. The molecule has 21 heavy (non-hydrogen) atoms. The van der Waals surface area contributed by atoms with Crippen molar-refractivity contribution in [2.24, 2.45) is 0 Å². The van der Waals surface area contributed by atoms with Crippen LogP contribution in [0.5, 0.6) is 0 Å². The molecule has 2 rings (SSSR count). The van der Waals surface area contributed by atoms with Gasteiger partial charge >= 0.3 is 6.03 Å². The van der Waals surface area contributed by atoms with Gasteiger partial charge in [0.1, 0.15) is 5.69 Å². The molecule has 1 aliphatic rings. The van der Waals surface area contributed by atoms with Crippen molar-refractivity contribution in [3.8, 4) is 0 Å². The number of benzene rings is 1. The Balaban J connectivity index is 2.21. The highest BCUT2D eigenvalue weighted by atomic mass is 16.6. The van der Waals surface area contributed by atoms with Gasteiger partial charge < -0.3 is 10.6 Å². The Morgan fingerprint density at radius 3 is 2.76 bits per heavy atom. The maximum atomic E-state index is 11.5. The number of nitro benzene ring substituents is 1. The summed E-state index contributed by atoms with van der Waals surface area (Å²) in [4.78, 5) is 34.6. The van der Waals surface area contributed by atoms with Crippen molar-refractivity contribution in [1.29, 1.82) is 0 Å². The van der Waals surface area contributed by atoms with Crippen LogP contribution >= 0.6 is 0 Å². The van der Waals surface area contributed by atoms with E-state index in [1.165, 1.54) is 6.07 Å². The van der Waals surface area contributed by atoms with Gasteiger partial charge in [-0.2, -0.15) is 0 Å². The molecule has 2 N–H and O–H groups in total. The summed E-state index contributed by atoms with van der Waals surface area (Å²) in [5.41, 5.74) is 0.907. The maximum absolute atomic E-state index is 11.5. The van der Waals surface area contributed by atoms with Gasteiger partial charge in [0.15, 0.2) is 0 Å². The third-order valence-corrected chi connectivity index (χ3v) is 3.10. The number of urea groups is 1. The SMILES string of the molecule is CCCNc1ccc(CN2C(=O)CNC2=O)cc1[N+](=O)[O-]. The molecule has 0 radical (unpaired) electrons. The van der Waals surface area contributed by atoms with E-state index in [0.29, 0.717) is 17.8 Å². The highest BCUT2D eigenvalue weighted by molar-refractivity contribution is 6.01. The van der Waals surface area contributed by atoms with Crippen molar-refractivity contribution in [2.75, 3.05) is 18.4 Å². The minimum atomic E-state index is -0.479. The Morgan fingerprint density at radius 2 is 2.19 bits per heavy atom. The summed E-state index contributed by atoms with van der Waals surface area (Å²) in [5, 5.41) is 16.5. The molecule has 1 fully saturated rings. The maximum Gasteiger partial charge on any atom is 0.324 e. The lowest BCUT2D eigenvalue weighted by atomic mass is 10.1. The van der Waals surface area contributed by atoms with Crippen LogP contribution < -0.4 is 10.6 Å². The Hall–Kier alpha value is -2.64. The van der Waals surface area contributed by atoms with E-state index in [4.69, 9.17) is 0 Å². The van der Waals surface area contributed by atoms with Crippen LogP contribution in [0.15, 0.2) is 18.2 Å². The number of carbonyl (C=O) groups excluding carboxylic acids is 2. The van der Waals surface area contributed by atoms with Gasteiger partial charge in [-0.15, -0.1) is 0 Å². The second kappa shape index (κ2) is 6.21. The summed E-state index contributed by atoms with van der Waals surface area (Å²) < 4.78 is 0. The van der Waals surface area contributed by atoms with Gasteiger partial charge in [0, 0.05) is 12.6 Å². The number of amides is 3. The third kappa shape index (κ3) is 3.28. The third-order valence-electron chi connectivity index (χ3n) is 3.10. The second-order valence-electron chi connectivity index (χ2n) is 4.67. The standard InChI is InChI=1S/C13H16N4O4/c1-2-5-14-10-4-3-9(6-11(10)17(20)21)8-16-12(18)7-15-13(16)19/h3-4,6,14H,2,5,7-8H2,1H3,(H,15,19). The highest BCUT2D eigenvalue weighted by Crippen LogP contribution is 2.26. The summed E-state index contributed by atoms with van der Waals surface area (Å²) >= 11 is 0. The van der Waals surface area contributed by atoms with Crippen molar-refractivity contribution >= 4 is 23.3 Å². The lowest BCUT2D eigenvalue weighted by Crippen LogP contribution is -2.30. The van der Waals surface area contributed by atoms with Crippen molar-refractivity contribution in [1.82, 2.24) is 10.2 Å². The molecule has 0 atom stereocenters. The van der Waals surface area contributed by atoms with Crippen LogP contribution in [-0.2, 0) is 11.3 Å². The topological polar surface area (TPSA) is 105 Å². The molecule has 112 valence electrons. The molecule has 1 heterocycles. The number of nitrogens with one attached hydrogen (secondary N) is 2. The lowest BCUT2D eigenvalue weighted by molar-refractivity contribution is -0.384. The lowest BCUT2D eigenvalue weighted by Gasteiger charge is -2.13. The molecule has 3 amide bonds. The molecular formula is C13H16N4O4. The number of hydrogen-bond donors (Lipinski definition) is 2. The quantitative estimate of drug-likeness (QED) is 0.469. The number of carbonyl (C=O) groups is 2. The summed E-state index contributed by atoms with van der Waals surface area (Å²) in [7, 11) is 0. The van der Waals surface area contributed by atoms with E-state index in [1.807, 2.05) is 6.92 Å². The van der Waals surface area contributed by atoms with Crippen LogP contribution in [0.1, 0.15) is 18.9 Å². The smallest absolute Gasteiger partial charge is 0.324 e. The zero-order chi connectivity index (χ0) is 15.4. The van der Waals surface area contributed by atoms with Gasteiger partial charge in [0.2, 0.25) is 5.91 Å². The zero-order valence-corrected chi connectivity index (χ0v) is 11.6. The van der Waals surface area contributed by atoms with Crippen LogP contribution in [0.3, 0.4) is 0 Å². The highest BCUT2D eigenvalue weighted by Gasteiger charge is 2.28. The fourth-order valence-electron chi connectivity index (χ4n) is 2.03.